The van der Waals surface area contributed by atoms with Gasteiger partial charge in [-0.05, 0) is 25.7 Å². The third kappa shape index (κ3) is 2.32. The summed E-state index contributed by atoms with van der Waals surface area (Å²) in [6.45, 7) is 6.10. The lowest BCUT2D eigenvalue weighted by Gasteiger charge is -2.37. The van der Waals surface area contributed by atoms with E-state index in [1.54, 1.807) is 6.20 Å². The Hall–Kier alpha value is -1.16. The predicted molar refractivity (Wildman–Crippen MR) is 65.1 cm³/mol. The molecule has 1 aromatic heterocycles. The van der Waals surface area contributed by atoms with Gasteiger partial charge in [0.2, 0.25) is 0 Å². The molecule has 0 amide bonds. The Morgan fingerprint density at radius 1 is 1.44 bits per heavy atom. The van der Waals surface area contributed by atoms with Gasteiger partial charge in [-0.2, -0.15) is 0 Å². The van der Waals surface area contributed by atoms with Crippen molar-refractivity contribution in [2.75, 3.05) is 11.4 Å². The lowest BCUT2D eigenvalue weighted by Crippen LogP contribution is -2.40. The molecule has 0 radical (unpaired) electrons. The first-order chi connectivity index (χ1) is 7.70. The van der Waals surface area contributed by atoms with Crippen LogP contribution in [-0.4, -0.2) is 22.6 Å². The number of hydrogen-bond donors (Lipinski definition) is 1. The zero-order chi connectivity index (χ0) is 11.5. The van der Waals surface area contributed by atoms with Gasteiger partial charge in [0.25, 0.3) is 0 Å². The second-order valence-corrected chi connectivity index (χ2v) is 4.74. The Morgan fingerprint density at radius 2 is 2.25 bits per heavy atom. The molecule has 1 aliphatic heterocycles. The van der Waals surface area contributed by atoms with Gasteiger partial charge in [-0.25, -0.2) is 4.98 Å². The molecule has 1 aromatic rings. The summed E-state index contributed by atoms with van der Waals surface area (Å²) < 4.78 is 0. The van der Waals surface area contributed by atoms with Crippen molar-refractivity contribution in [2.45, 2.75) is 39.3 Å². The highest BCUT2D eigenvalue weighted by molar-refractivity contribution is 5.38. The second-order valence-electron chi connectivity index (χ2n) is 4.74. The van der Waals surface area contributed by atoms with E-state index in [4.69, 9.17) is 5.73 Å². The number of rotatable bonds is 2. The first kappa shape index (κ1) is 11.3. The van der Waals surface area contributed by atoms with Gasteiger partial charge in [0, 0.05) is 25.3 Å². The number of anilines is 1. The molecule has 0 spiro atoms. The molecule has 1 saturated heterocycles. The summed E-state index contributed by atoms with van der Waals surface area (Å²) in [7, 11) is 0. The van der Waals surface area contributed by atoms with Crippen LogP contribution in [0.2, 0.25) is 0 Å². The molecular formula is C12H20N4. The molecule has 0 aromatic carbocycles. The highest BCUT2D eigenvalue weighted by Crippen LogP contribution is 2.25. The van der Waals surface area contributed by atoms with Crippen LogP contribution in [0.25, 0.3) is 0 Å². The van der Waals surface area contributed by atoms with Gasteiger partial charge in [0.15, 0.2) is 0 Å². The van der Waals surface area contributed by atoms with Crippen molar-refractivity contribution < 1.29 is 0 Å². The van der Waals surface area contributed by atoms with Crippen LogP contribution in [0.15, 0.2) is 12.4 Å². The largest absolute Gasteiger partial charge is 0.353 e. The van der Waals surface area contributed by atoms with Crippen molar-refractivity contribution in [3.05, 3.63) is 18.1 Å². The van der Waals surface area contributed by atoms with E-state index in [2.05, 4.69) is 28.7 Å². The predicted octanol–water partition coefficient (Wildman–Crippen LogP) is 1.56. The highest BCUT2D eigenvalue weighted by atomic mass is 15.2. The van der Waals surface area contributed by atoms with Gasteiger partial charge in [0.1, 0.15) is 5.82 Å². The molecule has 2 atom stereocenters. The van der Waals surface area contributed by atoms with Crippen molar-refractivity contribution >= 4 is 5.82 Å². The Kier molecular flexibility index (Phi) is 3.39. The van der Waals surface area contributed by atoms with Crippen molar-refractivity contribution in [1.82, 2.24) is 9.97 Å². The normalized spacial score (nSPS) is 25.8. The van der Waals surface area contributed by atoms with E-state index in [9.17, 15) is 0 Å². The maximum Gasteiger partial charge on any atom is 0.147 e. The summed E-state index contributed by atoms with van der Waals surface area (Å²) in [6.07, 6.45) is 6.04. The Balaban J connectivity index is 2.16. The molecule has 4 heteroatoms. The second kappa shape index (κ2) is 4.78. The lowest BCUT2D eigenvalue weighted by atomic mass is 9.93. The van der Waals surface area contributed by atoms with Gasteiger partial charge in [-0.1, -0.05) is 6.92 Å². The summed E-state index contributed by atoms with van der Waals surface area (Å²) >= 11 is 0. The molecule has 2 N–H and O–H groups in total. The lowest BCUT2D eigenvalue weighted by molar-refractivity contribution is 0.375. The number of piperidine rings is 1. The third-order valence-electron chi connectivity index (χ3n) is 3.31. The number of aromatic nitrogens is 2. The quantitative estimate of drug-likeness (QED) is 0.821. The van der Waals surface area contributed by atoms with E-state index >= 15 is 0 Å². The van der Waals surface area contributed by atoms with Crippen molar-refractivity contribution in [1.29, 1.82) is 0 Å². The first-order valence-corrected chi connectivity index (χ1v) is 5.98. The summed E-state index contributed by atoms with van der Waals surface area (Å²) in [5.41, 5.74) is 6.45. The van der Waals surface area contributed by atoms with Crippen LogP contribution in [0.5, 0.6) is 0 Å². The third-order valence-corrected chi connectivity index (χ3v) is 3.31. The molecular weight excluding hydrogens is 200 g/mol. The summed E-state index contributed by atoms with van der Waals surface area (Å²) in [5.74, 6) is 1.79. The molecule has 1 fully saturated rings. The molecule has 2 heterocycles. The number of hydrogen-bond acceptors (Lipinski definition) is 4. The molecule has 2 rings (SSSR count). The van der Waals surface area contributed by atoms with Gasteiger partial charge in [-0.3, -0.25) is 4.98 Å². The number of nitrogens with zero attached hydrogens (tertiary/aromatic N) is 3. The maximum absolute atomic E-state index is 5.58. The first-order valence-electron chi connectivity index (χ1n) is 5.98. The molecule has 88 valence electrons. The van der Waals surface area contributed by atoms with Crippen molar-refractivity contribution in [3.8, 4) is 0 Å². The van der Waals surface area contributed by atoms with Gasteiger partial charge in [-0.15, -0.1) is 0 Å². The fourth-order valence-electron chi connectivity index (χ4n) is 2.38. The molecule has 1 aliphatic rings. The minimum absolute atomic E-state index is 0.458. The summed E-state index contributed by atoms with van der Waals surface area (Å²) in [4.78, 5) is 11.1. The van der Waals surface area contributed by atoms with Crippen LogP contribution in [-0.2, 0) is 6.54 Å². The minimum atomic E-state index is 0.458. The molecule has 2 unspecified atom stereocenters. The fourth-order valence-corrected chi connectivity index (χ4v) is 2.38. The molecule has 0 saturated carbocycles. The van der Waals surface area contributed by atoms with E-state index < -0.39 is 0 Å². The average molecular weight is 220 g/mol. The van der Waals surface area contributed by atoms with Gasteiger partial charge in [0.05, 0.1) is 11.9 Å². The molecule has 0 aliphatic carbocycles. The number of nitrogens with two attached hydrogens (primary N) is 1. The monoisotopic (exact) mass is 220 g/mol. The van der Waals surface area contributed by atoms with Crippen LogP contribution in [0, 0.1) is 5.92 Å². The van der Waals surface area contributed by atoms with E-state index in [0.29, 0.717) is 12.6 Å². The fraction of sp³-hybridized carbons (Fsp3) is 0.667. The van der Waals surface area contributed by atoms with Gasteiger partial charge >= 0.3 is 0 Å². The van der Waals surface area contributed by atoms with Gasteiger partial charge < -0.3 is 10.6 Å². The highest BCUT2D eigenvalue weighted by Gasteiger charge is 2.23. The van der Waals surface area contributed by atoms with Crippen LogP contribution in [0.1, 0.15) is 32.4 Å². The maximum atomic E-state index is 5.58. The average Bonchev–Trinajstić information content (AvgIpc) is 2.29. The zero-order valence-electron chi connectivity index (χ0n) is 10.1. The standard InChI is InChI=1S/C12H20N4/c1-9-3-4-16(10(2)5-9)12-8-14-7-11(6-13)15-12/h7-10H,3-6,13H2,1-2H3. The minimum Gasteiger partial charge on any atom is -0.353 e. The van der Waals surface area contributed by atoms with Crippen molar-refractivity contribution in [2.24, 2.45) is 11.7 Å². The van der Waals surface area contributed by atoms with Crippen LogP contribution in [0.3, 0.4) is 0 Å². The van der Waals surface area contributed by atoms with Crippen molar-refractivity contribution in [3.63, 3.8) is 0 Å². The Morgan fingerprint density at radius 3 is 2.94 bits per heavy atom. The molecule has 0 bridgehead atoms. The smallest absolute Gasteiger partial charge is 0.147 e. The summed E-state index contributed by atoms with van der Waals surface area (Å²) in [6, 6.07) is 0.547. The zero-order valence-corrected chi connectivity index (χ0v) is 10.1. The van der Waals surface area contributed by atoms with E-state index in [1.807, 2.05) is 6.20 Å². The van der Waals surface area contributed by atoms with E-state index in [1.165, 1.54) is 12.8 Å². The molecule has 4 nitrogen and oxygen atoms in total. The Bertz CT molecular complexity index is 353. The topological polar surface area (TPSA) is 55.0 Å². The Labute approximate surface area is 96.9 Å². The summed E-state index contributed by atoms with van der Waals surface area (Å²) in [5, 5.41) is 0. The molecule has 16 heavy (non-hydrogen) atoms. The van der Waals surface area contributed by atoms with E-state index in [0.717, 1.165) is 24.0 Å². The van der Waals surface area contributed by atoms with Crippen LogP contribution < -0.4 is 10.6 Å². The van der Waals surface area contributed by atoms with Crippen LogP contribution >= 0.6 is 0 Å². The van der Waals surface area contributed by atoms with E-state index in [-0.39, 0.29) is 0 Å². The van der Waals surface area contributed by atoms with Crippen LogP contribution in [0.4, 0.5) is 5.82 Å². The SMILES string of the molecule is CC1CCN(c2cncc(CN)n2)C(C)C1.